The first-order valence-electron chi connectivity index (χ1n) is 10.2. The van der Waals surface area contributed by atoms with E-state index in [1.807, 2.05) is 18.3 Å². The molecule has 0 amide bonds. The van der Waals surface area contributed by atoms with Crippen LogP contribution in [0.25, 0.3) is 16.5 Å². The van der Waals surface area contributed by atoms with Crippen LogP contribution in [0, 0.1) is 5.82 Å². The number of nitrogens with two attached hydrogens (primary N) is 1. The van der Waals surface area contributed by atoms with Gasteiger partial charge in [0, 0.05) is 41.4 Å². The summed E-state index contributed by atoms with van der Waals surface area (Å²) in [5.74, 6) is 5.71. The van der Waals surface area contributed by atoms with E-state index in [0.717, 1.165) is 42.5 Å². The first-order valence-corrected chi connectivity index (χ1v) is 10.2. The first kappa shape index (κ1) is 19.4. The van der Waals surface area contributed by atoms with Gasteiger partial charge in [0.2, 0.25) is 0 Å². The molecule has 4 nitrogen and oxygen atoms in total. The fourth-order valence-corrected chi connectivity index (χ4v) is 3.96. The summed E-state index contributed by atoms with van der Waals surface area (Å²) in [5, 5.41) is 0.980. The number of fused-ring (bicyclic) bond motifs is 1. The molecule has 0 aliphatic carbocycles. The Balaban J connectivity index is 1.66. The summed E-state index contributed by atoms with van der Waals surface area (Å²) in [5.41, 5.74) is 4.31. The molecule has 0 fully saturated rings. The van der Waals surface area contributed by atoms with Gasteiger partial charge >= 0.3 is 0 Å². The molecule has 0 spiro atoms. The topological polar surface area (TPSA) is 51.3 Å². The number of halogens is 1. The van der Waals surface area contributed by atoms with E-state index in [0.29, 0.717) is 11.1 Å². The predicted octanol–water partition coefficient (Wildman–Crippen LogP) is 4.61. The van der Waals surface area contributed by atoms with Gasteiger partial charge < -0.3 is 5.84 Å². The molecule has 0 saturated carbocycles. The molecule has 5 heteroatoms. The molecular weight excluding hydrogens is 365 g/mol. The molecule has 29 heavy (non-hydrogen) atoms. The number of hydrogen-bond acceptors (Lipinski definition) is 3. The zero-order valence-electron chi connectivity index (χ0n) is 16.7. The smallest absolute Gasteiger partial charge is 0.193 e. The fraction of sp³-hybridized carbons (Fsp3) is 0.292. The number of carbonyl (C=O) groups is 1. The van der Waals surface area contributed by atoms with Gasteiger partial charge in [-0.2, -0.15) is 0 Å². The van der Waals surface area contributed by atoms with Crippen molar-refractivity contribution in [1.82, 2.24) is 9.58 Å². The minimum absolute atomic E-state index is 0.119. The Morgan fingerprint density at radius 3 is 2.59 bits per heavy atom. The van der Waals surface area contributed by atoms with Crippen LogP contribution < -0.4 is 5.84 Å². The van der Waals surface area contributed by atoms with Crippen molar-refractivity contribution in [2.45, 2.75) is 26.2 Å². The van der Waals surface area contributed by atoms with E-state index in [2.05, 4.69) is 17.9 Å². The number of ketones is 1. The summed E-state index contributed by atoms with van der Waals surface area (Å²) in [7, 11) is 0. The molecule has 0 bridgehead atoms. The summed E-state index contributed by atoms with van der Waals surface area (Å²) in [6.45, 7) is 5.33. The van der Waals surface area contributed by atoms with E-state index >= 15 is 0 Å². The van der Waals surface area contributed by atoms with Crippen LogP contribution in [0.3, 0.4) is 0 Å². The van der Waals surface area contributed by atoms with Crippen LogP contribution in [-0.4, -0.2) is 35.0 Å². The van der Waals surface area contributed by atoms with Gasteiger partial charge in [0.25, 0.3) is 0 Å². The molecule has 1 aliphatic heterocycles. The zero-order valence-corrected chi connectivity index (χ0v) is 16.7. The highest BCUT2D eigenvalue weighted by Crippen LogP contribution is 2.31. The molecule has 2 aromatic carbocycles. The third kappa shape index (κ3) is 3.96. The molecular formula is C24H26FN3O. The van der Waals surface area contributed by atoms with E-state index in [1.165, 1.54) is 42.7 Å². The van der Waals surface area contributed by atoms with E-state index in [1.54, 1.807) is 10.7 Å². The van der Waals surface area contributed by atoms with Crippen molar-refractivity contribution >= 4 is 22.3 Å². The summed E-state index contributed by atoms with van der Waals surface area (Å²) < 4.78 is 14.8. The molecule has 0 atom stereocenters. The molecule has 1 aromatic heterocycles. The lowest BCUT2D eigenvalue weighted by Crippen LogP contribution is -2.29. The van der Waals surface area contributed by atoms with Crippen molar-refractivity contribution < 1.29 is 9.18 Å². The Morgan fingerprint density at radius 2 is 1.90 bits per heavy atom. The lowest BCUT2D eigenvalue weighted by Gasteiger charge is -2.26. The van der Waals surface area contributed by atoms with Crippen molar-refractivity contribution in [3.63, 3.8) is 0 Å². The third-order valence-electron chi connectivity index (χ3n) is 5.67. The first-order chi connectivity index (χ1) is 14.1. The van der Waals surface area contributed by atoms with Crippen molar-refractivity contribution in [1.29, 1.82) is 0 Å². The molecule has 4 rings (SSSR count). The van der Waals surface area contributed by atoms with Crippen LogP contribution >= 0.6 is 0 Å². The average molecular weight is 391 g/mol. The lowest BCUT2D eigenvalue weighted by molar-refractivity contribution is 0.103. The number of carbonyl (C=O) groups excluding carboxylic acids is 1. The highest BCUT2D eigenvalue weighted by atomic mass is 19.1. The van der Waals surface area contributed by atoms with Crippen molar-refractivity contribution in [3.8, 4) is 0 Å². The Morgan fingerprint density at radius 1 is 1.14 bits per heavy atom. The van der Waals surface area contributed by atoms with Gasteiger partial charge in [-0.1, -0.05) is 19.4 Å². The highest BCUT2D eigenvalue weighted by Gasteiger charge is 2.18. The van der Waals surface area contributed by atoms with Crippen LogP contribution in [0.2, 0.25) is 0 Å². The molecule has 0 unspecified atom stereocenters. The minimum atomic E-state index is -0.350. The van der Waals surface area contributed by atoms with Crippen LogP contribution in [0.15, 0.2) is 54.7 Å². The van der Waals surface area contributed by atoms with E-state index < -0.39 is 0 Å². The number of unbranched alkanes of at least 4 members (excludes halogenated alkanes) is 1. The third-order valence-corrected chi connectivity index (χ3v) is 5.67. The Hall–Kier alpha value is -2.92. The van der Waals surface area contributed by atoms with E-state index in [-0.39, 0.29) is 11.6 Å². The Labute approximate surface area is 170 Å². The van der Waals surface area contributed by atoms with Gasteiger partial charge in [0.15, 0.2) is 5.78 Å². The van der Waals surface area contributed by atoms with Gasteiger partial charge in [0.1, 0.15) is 5.82 Å². The number of nitrogen functional groups attached to an aromatic ring is 1. The molecule has 0 saturated heterocycles. The van der Waals surface area contributed by atoms with E-state index in [9.17, 15) is 9.18 Å². The normalized spacial score (nSPS) is 14.9. The second-order valence-corrected chi connectivity index (χ2v) is 7.65. The lowest BCUT2D eigenvalue weighted by atomic mass is 9.96. The molecule has 2 heterocycles. The molecule has 150 valence electrons. The van der Waals surface area contributed by atoms with Crippen LogP contribution in [0.4, 0.5) is 4.39 Å². The quantitative estimate of drug-likeness (QED) is 0.493. The molecule has 0 radical (unpaired) electrons. The van der Waals surface area contributed by atoms with E-state index in [4.69, 9.17) is 5.84 Å². The monoisotopic (exact) mass is 391 g/mol. The summed E-state index contributed by atoms with van der Waals surface area (Å²) in [6.07, 6.45) is 7.63. The molecule has 2 N–H and O–H groups in total. The standard InChI is InChI=1S/C24H26FN3O/c1-2-3-12-27-13-10-17(11-14-27)22-16-28(26)23-9-6-19(15-21(22)23)24(29)18-4-7-20(25)8-5-18/h4-10,15-16H,2-3,11-14,26H2,1H3. The number of nitrogens with zero attached hydrogens (tertiary/aromatic N) is 2. The van der Waals surface area contributed by atoms with Crippen molar-refractivity contribution in [2.24, 2.45) is 0 Å². The Kier molecular flexibility index (Phi) is 5.49. The predicted molar refractivity (Wildman–Crippen MR) is 116 cm³/mol. The van der Waals surface area contributed by atoms with Crippen LogP contribution in [0.5, 0.6) is 0 Å². The maximum absolute atomic E-state index is 13.2. The minimum Gasteiger partial charge on any atom is -0.339 e. The SMILES string of the molecule is CCCCN1CC=C(c2cn(N)c3ccc(C(=O)c4ccc(F)cc4)cc23)CC1. The van der Waals surface area contributed by atoms with Crippen LogP contribution in [-0.2, 0) is 0 Å². The van der Waals surface area contributed by atoms with Gasteiger partial charge in [-0.3, -0.25) is 14.4 Å². The maximum Gasteiger partial charge on any atom is 0.193 e. The second-order valence-electron chi connectivity index (χ2n) is 7.65. The number of hydrogen-bond donors (Lipinski definition) is 1. The number of aromatic nitrogens is 1. The van der Waals surface area contributed by atoms with Crippen molar-refractivity contribution in [3.05, 3.63) is 77.2 Å². The Bertz CT molecular complexity index is 1070. The maximum atomic E-state index is 13.2. The average Bonchev–Trinajstić information content (AvgIpc) is 3.08. The summed E-state index contributed by atoms with van der Waals surface area (Å²) >= 11 is 0. The largest absolute Gasteiger partial charge is 0.339 e. The summed E-state index contributed by atoms with van der Waals surface area (Å²) in [6, 6.07) is 11.2. The second kappa shape index (κ2) is 8.21. The molecule has 3 aromatic rings. The van der Waals surface area contributed by atoms with Gasteiger partial charge in [0.05, 0.1) is 5.52 Å². The zero-order chi connectivity index (χ0) is 20.4. The fourth-order valence-electron chi connectivity index (χ4n) is 3.96. The number of rotatable bonds is 6. The number of benzene rings is 2. The summed E-state index contributed by atoms with van der Waals surface area (Å²) in [4.78, 5) is 15.3. The highest BCUT2D eigenvalue weighted by molar-refractivity contribution is 6.11. The van der Waals surface area contributed by atoms with Gasteiger partial charge in [-0.15, -0.1) is 0 Å². The molecule has 1 aliphatic rings. The van der Waals surface area contributed by atoms with Gasteiger partial charge in [-0.25, -0.2) is 4.39 Å². The van der Waals surface area contributed by atoms with Crippen LogP contribution in [0.1, 0.15) is 47.7 Å². The van der Waals surface area contributed by atoms with Crippen molar-refractivity contribution in [2.75, 3.05) is 25.5 Å². The van der Waals surface area contributed by atoms with Gasteiger partial charge in [-0.05, 0) is 67.4 Å².